The summed E-state index contributed by atoms with van der Waals surface area (Å²) in [7, 11) is 2.43. The number of hydrogen-bond donors (Lipinski definition) is 0. The molecule has 2 amide bonds. The molecule has 1 aromatic carbocycles. The third-order valence-corrected chi connectivity index (χ3v) is 4.93. The van der Waals surface area contributed by atoms with Crippen LogP contribution in [0.15, 0.2) is 18.2 Å². The van der Waals surface area contributed by atoms with E-state index in [9.17, 15) is 19.2 Å². The van der Waals surface area contributed by atoms with E-state index in [0.717, 1.165) is 16.0 Å². The minimum Gasteiger partial charge on any atom is -0.468 e. The number of ether oxygens (including phenoxy) is 2. The first-order chi connectivity index (χ1) is 13.7. The van der Waals surface area contributed by atoms with Crippen molar-refractivity contribution in [1.82, 2.24) is 9.80 Å². The van der Waals surface area contributed by atoms with Crippen LogP contribution >= 0.6 is 0 Å². The van der Waals surface area contributed by atoms with E-state index in [4.69, 9.17) is 0 Å². The second kappa shape index (κ2) is 10.0. The van der Waals surface area contributed by atoms with Crippen LogP contribution in [0, 0.1) is 19.8 Å². The topological polar surface area (TPSA) is 93.2 Å². The molecule has 0 radical (unpaired) electrons. The number of aryl methyl sites for hydroxylation is 2. The van der Waals surface area contributed by atoms with Crippen molar-refractivity contribution in [1.29, 1.82) is 0 Å². The van der Waals surface area contributed by atoms with E-state index in [0.29, 0.717) is 24.9 Å². The van der Waals surface area contributed by atoms with Gasteiger partial charge in [0.1, 0.15) is 13.1 Å². The predicted molar refractivity (Wildman–Crippen MR) is 105 cm³/mol. The molecule has 1 saturated heterocycles. The van der Waals surface area contributed by atoms with Crippen LogP contribution in [-0.2, 0) is 23.9 Å². The Morgan fingerprint density at radius 3 is 2.07 bits per heavy atom. The molecule has 0 aliphatic carbocycles. The van der Waals surface area contributed by atoms with E-state index >= 15 is 0 Å². The average Bonchev–Trinajstić information content (AvgIpc) is 2.71. The summed E-state index contributed by atoms with van der Waals surface area (Å²) in [6.07, 6.45) is 1.24. The summed E-state index contributed by atoms with van der Waals surface area (Å²) in [5.74, 6) is -2.23. The molecule has 0 N–H and O–H groups in total. The van der Waals surface area contributed by atoms with Crippen LogP contribution in [0.3, 0.4) is 0 Å². The van der Waals surface area contributed by atoms with E-state index < -0.39 is 17.9 Å². The Balaban J connectivity index is 2.14. The van der Waals surface area contributed by atoms with Crippen molar-refractivity contribution < 1.29 is 28.7 Å². The first kappa shape index (κ1) is 22.4. The second-order valence-corrected chi connectivity index (χ2v) is 7.31. The van der Waals surface area contributed by atoms with E-state index in [1.54, 1.807) is 4.90 Å². The molecular formula is C21H28N2O6. The van der Waals surface area contributed by atoms with Crippen LogP contribution in [0.25, 0.3) is 0 Å². The number of esters is 2. The van der Waals surface area contributed by atoms with E-state index in [-0.39, 0.29) is 31.4 Å². The van der Waals surface area contributed by atoms with Crippen molar-refractivity contribution in [3.05, 3.63) is 34.9 Å². The van der Waals surface area contributed by atoms with Gasteiger partial charge in [-0.3, -0.25) is 19.2 Å². The zero-order chi connectivity index (χ0) is 21.6. The maximum absolute atomic E-state index is 13.0. The number of nitrogens with zero attached hydrogens (tertiary/aromatic N) is 2. The third-order valence-electron chi connectivity index (χ3n) is 4.93. The number of piperidine rings is 1. The smallest absolute Gasteiger partial charge is 0.325 e. The molecule has 0 aromatic heterocycles. The fourth-order valence-electron chi connectivity index (χ4n) is 3.55. The summed E-state index contributed by atoms with van der Waals surface area (Å²) in [5, 5.41) is 0. The Morgan fingerprint density at radius 1 is 1.00 bits per heavy atom. The van der Waals surface area contributed by atoms with Crippen molar-refractivity contribution in [2.24, 2.45) is 5.92 Å². The Morgan fingerprint density at radius 2 is 1.55 bits per heavy atom. The van der Waals surface area contributed by atoms with Gasteiger partial charge in [-0.05, 0) is 38.8 Å². The number of hydrogen-bond acceptors (Lipinski definition) is 6. The van der Waals surface area contributed by atoms with Crippen molar-refractivity contribution in [2.45, 2.75) is 26.7 Å². The molecule has 8 nitrogen and oxygen atoms in total. The van der Waals surface area contributed by atoms with Gasteiger partial charge in [-0.15, -0.1) is 0 Å². The number of likely N-dealkylation sites (tertiary alicyclic amines) is 1. The molecule has 0 spiro atoms. The maximum atomic E-state index is 13.0. The molecular weight excluding hydrogens is 376 g/mol. The number of benzene rings is 1. The summed E-state index contributed by atoms with van der Waals surface area (Å²) >= 11 is 0. The molecule has 29 heavy (non-hydrogen) atoms. The standard InChI is InChI=1S/C21H28N2O6/c1-14-8-15(2)10-17(9-14)21(27)22-7-5-6-16(11-22)20(26)23(12-18(24)28-3)13-19(25)29-4/h8-10,16H,5-7,11-13H2,1-4H3. The summed E-state index contributed by atoms with van der Waals surface area (Å²) in [6.45, 7) is 3.98. The number of carbonyl (C=O) groups is 4. The van der Waals surface area contributed by atoms with E-state index in [1.165, 1.54) is 14.2 Å². The lowest BCUT2D eigenvalue weighted by Crippen LogP contribution is -2.49. The number of methoxy groups -OCH3 is 2. The van der Waals surface area contributed by atoms with Crippen LogP contribution in [0.2, 0.25) is 0 Å². The maximum Gasteiger partial charge on any atom is 0.325 e. The molecule has 0 saturated carbocycles. The Bertz CT molecular complexity index is 753. The van der Waals surface area contributed by atoms with Crippen molar-refractivity contribution >= 4 is 23.8 Å². The minimum atomic E-state index is -0.624. The van der Waals surface area contributed by atoms with Gasteiger partial charge in [0, 0.05) is 18.7 Å². The zero-order valence-corrected chi connectivity index (χ0v) is 17.4. The molecule has 2 rings (SSSR count). The van der Waals surface area contributed by atoms with Crippen LogP contribution in [0.1, 0.15) is 34.3 Å². The minimum absolute atomic E-state index is 0.123. The van der Waals surface area contributed by atoms with Gasteiger partial charge in [0.2, 0.25) is 5.91 Å². The first-order valence-electron chi connectivity index (χ1n) is 9.55. The summed E-state index contributed by atoms with van der Waals surface area (Å²) in [6, 6.07) is 5.67. The monoisotopic (exact) mass is 404 g/mol. The fraction of sp³-hybridized carbons (Fsp3) is 0.524. The third kappa shape index (κ3) is 6.04. The summed E-state index contributed by atoms with van der Waals surface area (Å²) < 4.78 is 9.25. The van der Waals surface area contributed by atoms with Crippen molar-refractivity contribution in [3.63, 3.8) is 0 Å². The van der Waals surface area contributed by atoms with Crippen LogP contribution in [0.5, 0.6) is 0 Å². The van der Waals surface area contributed by atoms with Gasteiger partial charge < -0.3 is 19.3 Å². The molecule has 1 aliphatic rings. The van der Waals surface area contributed by atoms with Gasteiger partial charge in [0.05, 0.1) is 20.1 Å². The summed E-state index contributed by atoms with van der Waals surface area (Å²) in [5.41, 5.74) is 2.59. The molecule has 1 aromatic rings. The Labute approximate surface area is 170 Å². The van der Waals surface area contributed by atoms with Crippen LogP contribution in [-0.4, -0.2) is 74.0 Å². The molecule has 8 heteroatoms. The highest BCUT2D eigenvalue weighted by Crippen LogP contribution is 2.22. The van der Waals surface area contributed by atoms with Crippen molar-refractivity contribution in [2.75, 3.05) is 40.4 Å². The van der Waals surface area contributed by atoms with Gasteiger partial charge in [-0.2, -0.15) is 0 Å². The molecule has 0 bridgehead atoms. The lowest BCUT2D eigenvalue weighted by molar-refractivity contribution is -0.154. The molecule has 1 atom stereocenters. The number of amides is 2. The Hall–Kier alpha value is -2.90. The molecule has 158 valence electrons. The number of carbonyl (C=O) groups excluding carboxylic acids is 4. The van der Waals surface area contributed by atoms with Gasteiger partial charge >= 0.3 is 11.9 Å². The molecule has 1 fully saturated rings. The van der Waals surface area contributed by atoms with Gasteiger partial charge in [0.15, 0.2) is 0 Å². The molecule has 1 aliphatic heterocycles. The van der Waals surface area contributed by atoms with E-state index in [1.807, 2.05) is 32.0 Å². The van der Waals surface area contributed by atoms with Gasteiger partial charge in [-0.25, -0.2) is 0 Å². The quantitative estimate of drug-likeness (QED) is 0.664. The second-order valence-electron chi connectivity index (χ2n) is 7.31. The Kier molecular flexibility index (Phi) is 7.75. The highest BCUT2D eigenvalue weighted by molar-refractivity contribution is 5.95. The molecule has 1 unspecified atom stereocenters. The normalized spacial score (nSPS) is 16.1. The number of rotatable bonds is 6. The largest absolute Gasteiger partial charge is 0.468 e. The van der Waals surface area contributed by atoms with Gasteiger partial charge in [-0.1, -0.05) is 17.2 Å². The zero-order valence-electron chi connectivity index (χ0n) is 17.4. The van der Waals surface area contributed by atoms with E-state index in [2.05, 4.69) is 9.47 Å². The van der Waals surface area contributed by atoms with Crippen LogP contribution in [0.4, 0.5) is 0 Å². The predicted octanol–water partition coefficient (Wildman–Crippen LogP) is 1.33. The average molecular weight is 404 g/mol. The SMILES string of the molecule is COC(=O)CN(CC(=O)OC)C(=O)C1CCCN(C(=O)c2cc(C)cc(C)c2)C1. The highest BCUT2D eigenvalue weighted by Gasteiger charge is 2.33. The highest BCUT2D eigenvalue weighted by atomic mass is 16.5. The molecule has 1 heterocycles. The lowest BCUT2D eigenvalue weighted by Gasteiger charge is -2.34. The fourth-order valence-corrected chi connectivity index (χ4v) is 3.55. The van der Waals surface area contributed by atoms with Crippen molar-refractivity contribution in [3.8, 4) is 0 Å². The lowest BCUT2D eigenvalue weighted by atomic mass is 9.95. The first-order valence-corrected chi connectivity index (χ1v) is 9.55. The summed E-state index contributed by atoms with van der Waals surface area (Å²) in [4.78, 5) is 52.1. The van der Waals surface area contributed by atoms with Gasteiger partial charge in [0.25, 0.3) is 5.91 Å². The van der Waals surface area contributed by atoms with Crippen LogP contribution < -0.4 is 0 Å².